The van der Waals surface area contributed by atoms with Crippen LogP contribution in [0.4, 0.5) is 4.79 Å². The van der Waals surface area contributed by atoms with Gasteiger partial charge in [0.15, 0.2) is 0 Å². The molecule has 0 saturated carbocycles. The minimum atomic E-state index is -0.159. The summed E-state index contributed by atoms with van der Waals surface area (Å²) < 4.78 is 0. The first kappa shape index (κ1) is 6.35. The fraction of sp³-hybridized carbons (Fsp3) is 0.200. The van der Waals surface area contributed by atoms with Crippen LogP contribution in [0.3, 0.4) is 0 Å². The van der Waals surface area contributed by atoms with Gasteiger partial charge in [0.25, 0.3) is 5.24 Å². The second-order valence-corrected chi connectivity index (χ2v) is 2.56. The van der Waals surface area contributed by atoms with Crippen molar-refractivity contribution in [3.05, 3.63) is 11.0 Å². The number of rotatable bonds is 0. The highest BCUT2D eigenvalue weighted by Gasteiger charge is 2.20. The average molecular weight is 142 g/mol. The molecule has 0 aromatic rings. The number of carbonyl (C=O) groups excluding carboxylic acids is 1. The van der Waals surface area contributed by atoms with Crippen molar-refractivity contribution in [3.63, 3.8) is 0 Å². The van der Waals surface area contributed by atoms with Crippen LogP contribution in [0.15, 0.2) is 11.0 Å². The van der Waals surface area contributed by atoms with Gasteiger partial charge in [0.05, 0.1) is 4.91 Å². The highest BCUT2D eigenvalue weighted by molar-refractivity contribution is 8.18. The van der Waals surface area contributed by atoms with E-state index >= 15 is 0 Å². The highest BCUT2D eigenvalue weighted by Crippen LogP contribution is 2.22. The molecule has 1 rings (SSSR count). The number of carbonyl (C=O) groups is 1. The molecule has 1 saturated heterocycles. The molecule has 1 aliphatic rings. The molecular formula is C5H6N2OS. The first-order valence-corrected chi connectivity index (χ1v) is 3.29. The number of thioether (sulfide) groups is 1. The molecule has 1 fully saturated rings. The smallest absolute Gasteiger partial charge is 0.289 e. The molecule has 2 N–H and O–H groups in total. The first-order valence-electron chi connectivity index (χ1n) is 2.48. The second kappa shape index (κ2) is 2.23. The lowest BCUT2D eigenvalue weighted by molar-refractivity contribution is 0.265. The lowest BCUT2D eigenvalue weighted by Gasteiger charge is -1.86. The van der Waals surface area contributed by atoms with E-state index in [0.29, 0.717) is 4.91 Å². The van der Waals surface area contributed by atoms with E-state index in [1.807, 2.05) is 0 Å². The Morgan fingerprint density at radius 2 is 2.44 bits per heavy atom. The van der Waals surface area contributed by atoms with E-state index in [4.69, 9.17) is 5.41 Å². The predicted molar refractivity (Wildman–Crippen MR) is 37.6 cm³/mol. The predicted octanol–water partition coefficient (Wildman–Crippen LogP) is 1.32. The number of amides is 1. The summed E-state index contributed by atoms with van der Waals surface area (Å²) in [6.45, 7) is 1.80. The third-order valence-corrected chi connectivity index (χ3v) is 1.89. The summed E-state index contributed by atoms with van der Waals surface area (Å²) in [5, 5.41) is 9.31. The lowest BCUT2D eigenvalue weighted by atomic mass is 10.5. The summed E-state index contributed by atoms with van der Waals surface area (Å²) in [5.74, 6) is 0.215. The van der Waals surface area contributed by atoms with Gasteiger partial charge < -0.3 is 5.32 Å². The van der Waals surface area contributed by atoms with Gasteiger partial charge in [-0.25, -0.2) is 0 Å². The van der Waals surface area contributed by atoms with E-state index in [1.165, 1.54) is 0 Å². The van der Waals surface area contributed by atoms with Crippen LogP contribution in [0.1, 0.15) is 6.92 Å². The van der Waals surface area contributed by atoms with Crippen LogP contribution >= 0.6 is 11.8 Å². The van der Waals surface area contributed by atoms with E-state index in [2.05, 4.69) is 5.32 Å². The SMILES string of the molecule is CC=C1SC(=O)NC1=N. The van der Waals surface area contributed by atoms with Gasteiger partial charge in [-0.15, -0.1) is 0 Å². The number of nitrogens with one attached hydrogen (secondary N) is 2. The Balaban J connectivity index is 2.81. The van der Waals surface area contributed by atoms with Crippen LogP contribution in [0.5, 0.6) is 0 Å². The van der Waals surface area contributed by atoms with Gasteiger partial charge in [0.2, 0.25) is 0 Å². The van der Waals surface area contributed by atoms with Crippen LogP contribution in [-0.4, -0.2) is 11.1 Å². The summed E-state index contributed by atoms with van der Waals surface area (Å²) in [5.41, 5.74) is 0. The van der Waals surface area contributed by atoms with Crippen molar-refractivity contribution in [1.82, 2.24) is 5.32 Å². The summed E-state index contributed by atoms with van der Waals surface area (Å²) in [7, 11) is 0. The van der Waals surface area contributed by atoms with Crippen molar-refractivity contribution in [2.75, 3.05) is 0 Å². The Kier molecular flexibility index (Phi) is 1.57. The molecule has 3 nitrogen and oxygen atoms in total. The molecule has 48 valence electrons. The maximum absolute atomic E-state index is 10.5. The van der Waals surface area contributed by atoms with Crippen molar-refractivity contribution < 1.29 is 4.79 Å². The summed E-state index contributed by atoms with van der Waals surface area (Å²) in [6, 6.07) is 0. The van der Waals surface area contributed by atoms with Crippen molar-refractivity contribution in [2.45, 2.75) is 6.92 Å². The van der Waals surface area contributed by atoms with E-state index in [9.17, 15) is 4.79 Å². The normalized spacial score (nSPS) is 23.0. The maximum Gasteiger partial charge on any atom is 0.289 e. The minimum Gasteiger partial charge on any atom is -0.301 e. The summed E-state index contributed by atoms with van der Waals surface area (Å²) in [4.78, 5) is 11.2. The number of hydrogen-bond donors (Lipinski definition) is 2. The van der Waals surface area contributed by atoms with Crippen LogP contribution in [0, 0.1) is 5.41 Å². The van der Waals surface area contributed by atoms with Crippen LogP contribution in [0.2, 0.25) is 0 Å². The van der Waals surface area contributed by atoms with Gasteiger partial charge in [-0.2, -0.15) is 0 Å². The van der Waals surface area contributed by atoms with Crippen molar-refractivity contribution in [2.24, 2.45) is 0 Å². The Bertz CT molecular complexity index is 197. The molecule has 0 unspecified atom stereocenters. The minimum absolute atomic E-state index is 0.159. The molecule has 9 heavy (non-hydrogen) atoms. The van der Waals surface area contributed by atoms with Crippen molar-refractivity contribution >= 4 is 22.8 Å². The van der Waals surface area contributed by atoms with Gasteiger partial charge >= 0.3 is 0 Å². The van der Waals surface area contributed by atoms with E-state index in [-0.39, 0.29) is 11.1 Å². The van der Waals surface area contributed by atoms with Gasteiger partial charge in [-0.3, -0.25) is 10.2 Å². The van der Waals surface area contributed by atoms with E-state index in [1.54, 1.807) is 13.0 Å². The van der Waals surface area contributed by atoms with E-state index in [0.717, 1.165) is 11.8 Å². The molecule has 0 aromatic heterocycles. The van der Waals surface area contributed by atoms with Crippen LogP contribution in [0.25, 0.3) is 0 Å². The number of allylic oxidation sites excluding steroid dienone is 1. The first-order chi connectivity index (χ1) is 4.24. The van der Waals surface area contributed by atoms with Gasteiger partial charge in [0.1, 0.15) is 5.84 Å². The molecule has 4 heteroatoms. The topological polar surface area (TPSA) is 53.0 Å². The summed E-state index contributed by atoms with van der Waals surface area (Å²) in [6.07, 6.45) is 1.74. The molecule has 0 aliphatic carbocycles. The second-order valence-electron chi connectivity index (χ2n) is 1.54. The Morgan fingerprint density at radius 1 is 1.78 bits per heavy atom. The number of hydrogen-bond acceptors (Lipinski definition) is 3. The molecule has 1 amide bonds. The molecule has 0 atom stereocenters. The third-order valence-electron chi connectivity index (χ3n) is 0.938. The van der Waals surface area contributed by atoms with Crippen molar-refractivity contribution in [3.8, 4) is 0 Å². The van der Waals surface area contributed by atoms with Crippen LogP contribution < -0.4 is 5.32 Å². The monoisotopic (exact) mass is 142 g/mol. The number of amidine groups is 1. The van der Waals surface area contributed by atoms with E-state index < -0.39 is 0 Å². The zero-order chi connectivity index (χ0) is 6.85. The Labute approximate surface area is 57.0 Å². The quantitative estimate of drug-likeness (QED) is 0.536. The highest BCUT2D eigenvalue weighted by atomic mass is 32.2. The molecule has 0 aromatic carbocycles. The fourth-order valence-corrected chi connectivity index (χ4v) is 1.17. The molecule has 1 heterocycles. The standard InChI is InChI=1S/C5H6N2OS/c1-2-3-4(6)7-5(8)9-3/h2H,1H3,(H2,6,7,8). The average Bonchev–Trinajstić information content (AvgIpc) is 2.10. The molecule has 0 spiro atoms. The van der Waals surface area contributed by atoms with Gasteiger partial charge in [-0.05, 0) is 18.7 Å². The van der Waals surface area contributed by atoms with Gasteiger partial charge in [0, 0.05) is 0 Å². The molecule has 0 bridgehead atoms. The van der Waals surface area contributed by atoms with Crippen molar-refractivity contribution in [1.29, 1.82) is 5.41 Å². The Morgan fingerprint density at radius 3 is 2.67 bits per heavy atom. The Hall–Kier alpha value is -0.770. The maximum atomic E-state index is 10.5. The van der Waals surface area contributed by atoms with Gasteiger partial charge in [-0.1, -0.05) is 6.08 Å². The molecular weight excluding hydrogens is 136 g/mol. The molecule has 0 radical (unpaired) electrons. The molecule has 1 aliphatic heterocycles. The third kappa shape index (κ3) is 1.13. The lowest BCUT2D eigenvalue weighted by Crippen LogP contribution is -2.17. The fourth-order valence-electron chi connectivity index (χ4n) is 0.543. The summed E-state index contributed by atoms with van der Waals surface area (Å²) >= 11 is 1.06. The largest absolute Gasteiger partial charge is 0.301 e. The zero-order valence-corrected chi connectivity index (χ0v) is 5.71. The van der Waals surface area contributed by atoms with Crippen LogP contribution in [-0.2, 0) is 0 Å². The zero-order valence-electron chi connectivity index (χ0n) is 4.89.